The summed E-state index contributed by atoms with van der Waals surface area (Å²) in [4.78, 5) is 22.5. The van der Waals surface area contributed by atoms with Gasteiger partial charge in [-0.15, -0.1) is 0 Å². The average molecular weight is 295 g/mol. The fourth-order valence-electron chi connectivity index (χ4n) is 1.91. The summed E-state index contributed by atoms with van der Waals surface area (Å²) in [6.45, 7) is 0. The summed E-state index contributed by atoms with van der Waals surface area (Å²) >= 11 is 3.99. The summed E-state index contributed by atoms with van der Waals surface area (Å²) < 4.78 is 0. The smallest absolute Gasteiger partial charge is 0.326 e. The van der Waals surface area contributed by atoms with Crippen molar-refractivity contribution in [3.8, 4) is 0 Å². The maximum atomic E-state index is 11.6. The molecule has 0 bridgehead atoms. The van der Waals surface area contributed by atoms with Crippen molar-refractivity contribution in [1.82, 2.24) is 5.32 Å². The van der Waals surface area contributed by atoms with Crippen LogP contribution in [-0.4, -0.2) is 28.8 Å². The fraction of sp³-hybridized carbons (Fsp3) is 0.467. The zero-order chi connectivity index (χ0) is 14.8. The van der Waals surface area contributed by atoms with E-state index in [0.29, 0.717) is 18.6 Å². The molecule has 1 atom stereocenters. The van der Waals surface area contributed by atoms with E-state index in [1.165, 1.54) is 5.56 Å². The molecule has 0 saturated carbocycles. The van der Waals surface area contributed by atoms with Gasteiger partial charge in [-0.05, 0) is 37.0 Å². The zero-order valence-electron chi connectivity index (χ0n) is 11.4. The molecule has 0 heterocycles. The molecule has 0 aliphatic rings. The Hall–Kier alpha value is -1.49. The molecule has 2 N–H and O–H groups in total. The monoisotopic (exact) mass is 295 g/mol. The van der Waals surface area contributed by atoms with E-state index in [9.17, 15) is 9.59 Å². The quantitative estimate of drug-likeness (QED) is 0.484. The third kappa shape index (κ3) is 6.61. The normalized spacial score (nSPS) is 11.8. The van der Waals surface area contributed by atoms with Crippen LogP contribution in [0.4, 0.5) is 0 Å². The number of carbonyl (C=O) groups excluding carboxylic acids is 1. The molecule has 0 unspecified atom stereocenters. The summed E-state index contributed by atoms with van der Waals surface area (Å²) in [6.07, 6.45) is 3.32. The highest BCUT2D eigenvalue weighted by Crippen LogP contribution is 2.06. The van der Waals surface area contributed by atoms with E-state index in [0.717, 1.165) is 19.3 Å². The number of aliphatic carboxylic acids is 1. The van der Waals surface area contributed by atoms with Crippen LogP contribution in [0.25, 0.3) is 0 Å². The van der Waals surface area contributed by atoms with Crippen LogP contribution >= 0.6 is 12.6 Å². The molecule has 1 aromatic rings. The maximum Gasteiger partial charge on any atom is 0.326 e. The first-order valence-corrected chi connectivity index (χ1v) is 7.43. The SMILES string of the molecule is O=C(CCCCc1ccccc1)N[C@@H](CCS)C(=O)O. The maximum absolute atomic E-state index is 11.6. The second-order valence-corrected chi connectivity index (χ2v) is 5.11. The van der Waals surface area contributed by atoms with Crippen LogP contribution in [0.5, 0.6) is 0 Å². The van der Waals surface area contributed by atoms with Gasteiger partial charge in [-0.1, -0.05) is 30.3 Å². The Labute approximate surface area is 125 Å². The van der Waals surface area contributed by atoms with Gasteiger partial charge in [0.2, 0.25) is 5.91 Å². The van der Waals surface area contributed by atoms with Crippen molar-refractivity contribution < 1.29 is 14.7 Å². The van der Waals surface area contributed by atoms with Crippen LogP contribution in [0.1, 0.15) is 31.2 Å². The van der Waals surface area contributed by atoms with Crippen molar-refractivity contribution in [2.45, 2.75) is 38.1 Å². The van der Waals surface area contributed by atoms with Gasteiger partial charge in [0.15, 0.2) is 0 Å². The number of amides is 1. The first-order valence-electron chi connectivity index (χ1n) is 6.80. The third-order valence-corrected chi connectivity index (χ3v) is 3.27. The highest BCUT2D eigenvalue weighted by atomic mass is 32.1. The molecule has 0 spiro atoms. The van der Waals surface area contributed by atoms with E-state index in [2.05, 4.69) is 30.1 Å². The highest BCUT2D eigenvalue weighted by molar-refractivity contribution is 7.80. The predicted molar refractivity (Wildman–Crippen MR) is 82.0 cm³/mol. The molecule has 0 aliphatic carbocycles. The minimum absolute atomic E-state index is 0.202. The predicted octanol–water partition coefficient (Wildman–Crippen LogP) is 2.29. The van der Waals surface area contributed by atoms with Crippen molar-refractivity contribution in [1.29, 1.82) is 0 Å². The molecule has 20 heavy (non-hydrogen) atoms. The average Bonchev–Trinajstić information content (AvgIpc) is 2.44. The van der Waals surface area contributed by atoms with Crippen LogP contribution in [0.3, 0.4) is 0 Å². The second kappa shape index (κ2) is 9.42. The number of aryl methyl sites for hydroxylation is 1. The molecular weight excluding hydrogens is 274 g/mol. The number of hydrogen-bond acceptors (Lipinski definition) is 3. The van der Waals surface area contributed by atoms with Crippen LogP contribution in [0.15, 0.2) is 30.3 Å². The lowest BCUT2D eigenvalue weighted by molar-refractivity contribution is -0.141. The molecule has 0 fully saturated rings. The molecule has 1 amide bonds. The molecular formula is C15H21NO3S. The van der Waals surface area contributed by atoms with E-state index in [1.807, 2.05) is 18.2 Å². The Morgan fingerprint density at radius 1 is 1.20 bits per heavy atom. The van der Waals surface area contributed by atoms with Gasteiger partial charge in [0.25, 0.3) is 0 Å². The molecule has 0 aliphatic heterocycles. The van der Waals surface area contributed by atoms with Gasteiger partial charge in [0.1, 0.15) is 6.04 Å². The fourth-order valence-corrected chi connectivity index (χ4v) is 2.17. The van der Waals surface area contributed by atoms with Crippen molar-refractivity contribution in [2.24, 2.45) is 0 Å². The second-order valence-electron chi connectivity index (χ2n) is 4.66. The van der Waals surface area contributed by atoms with E-state index in [-0.39, 0.29) is 5.91 Å². The first kappa shape index (κ1) is 16.6. The van der Waals surface area contributed by atoms with Gasteiger partial charge in [-0.25, -0.2) is 4.79 Å². The van der Waals surface area contributed by atoms with Crippen LogP contribution in [0, 0.1) is 0 Å². The lowest BCUT2D eigenvalue weighted by Crippen LogP contribution is -2.40. The Morgan fingerprint density at radius 3 is 2.50 bits per heavy atom. The van der Waals surface area contributed by atoms with E-state index in [1.54, 1.807) is 0 Å². The lowest BCUT2D eigenvalue weighted by atomic mass is 10.1. The summed E-state index contributed by atoms with van der Waals surface area (Å²) in [5.41, 5.74) is 1.26. The number of carbonyl (C=O) groups is 2. The molecule has 1 aromatic carbocycles. The van der Waals surface area contributed by atoms with Crippen molar-refractivity contribution in [3.63, 3.8) is 0 Å². The molecule has 110 valence electrons. The van der Waals surface area contributed by atoms with Gasteiger partial charge in [0.05, 0.1) is 0 Å². The molecule has 4 nitrogen and oxygen atoms in total. The van der Waals surface area contributed by atoms with Crippen LogP contribution in [-0.2, 0) is 16.0 Å². The largest absolute Gasteiger partial charge is 0.480 e. The summed E-state index contributed by atoms with van der Waals surface area (Å²) in [5, 5.41) is 11.5. The Balaban J connectivity index is 2.21. The molecule has 0 radical (unpaired) electrons. The lowest BCUT2D eigenvalue weighted by Gasteiger charge is -2.13. The van der Waals surface area contributed by atoms with E-state index in [4.69, 9.17) is 5.11 Å². The van der Waals surface area contributed by atoms with Gasteiger partial charge >= 0.3 is 5.97 Å². The minimum atomic E-state index is -1.00. The van der Waals surface area contributed by atoms with Crippen molar-refractivity contribution in [3.05, 3.63) is 35.9 Å². The van der Waals surface area contributed by atoms with E-state index < -0.39 is 12.0 Å². The molecule has 5 heteroatoms. The van der Waals surface area contributed by atoms with Crippen molar-refractivity contribution in [2.75, 3.05) is 5.75 Å². The number of benzene rings is 1. The van der Waals surface area contributed by atoms with Gasteiger partial charge in [-0.2, -0.15) is 12.6 Å². The highest BCUT2D eigenvalue weighted by Gasteiger charge is 2.18. The van der Waals surface area contributed by atoms with Gasteiger partial charge in [0, 0.05) is 6.42 Å². The third-order valence-electron chi connectivity index (χ3n) is 3.01. The number of nitrogens with one attached hydrogen (secondary N) is 1. The number of hydrogen-bond donors (Lipinski definition) is 3. The number of rotatable bonds is 9. The summed E-state index contributed by atoms with van der Waals surface area (Å²) in [6, 6.07) is 9.27. The van der Waals surface area contributed by atoms with Gasteiger partial charge < -0.3 is 10.4 Å². The topological polar surface area (TPSA) is 66.4 Å². The molecule has 1 rings (SSSR count). The van der Waals surface area contributed by atoms with Crippen LogP contribution in [0.2, 0.25) is 0 Å². The number of carboxylic acids is 1. The van der Waals surface area contributed by atoms with E-state index >= 15 is 0 Å². The molecule has 0 aromatic heterocycles. The first-order chi connectivity index (χ1) is 9.63. The number of carboxylic acid groups (broad SMARTS) is 1. The van der Waals surface area contributed by atoms with Gasteiger partial charge in [-0.3, -0.25) is 4.79 Å². The van der Waals surface area contributed by atoms with Crippen LogP contribution < -0.4 is 5.32 Å². The molecule has 0 saturated heterocycles. The standard InChI is InChI=1S/C15H21NO3S/c17-14(16-13(10-11-20)15(18)19)9-5-4-8-12-6-2-1-3-7-12/h1-3,6-7,13,20H,4-5,8-11H2,(H,16,17)(H,18,19)/t13-/m0/s1. The Bertz CT molecular complexity index is 422. The zero-order valence-corrected chi connectivity index (χ0v) is 12.3. The Kier molecular flexibility index (Phi) is 7.80. The minimum Gasteiger partial charge on any atom is -0.480 e. The summed E-state index contributed by atoms with van der Waals surface area (Å²) in [7, 11) is 0. The number of thiol groups is 1. The number of unbranched alkanes of at least 4 members (excludes halogenated alkanes) is 1. The summed E-state index contributed by atoms with van der Waals surface area (Å²) in [5.74, 6) is -0.769. The Morgan fingerprint density at radius 2 is 1.90 bits per heavy atom. The van der Waals surface area contributed by atoms with Crippen molar-refractivity contribution >= 4 is 24.5 Å².